The van der Waals surface area contributed by atoms with Gasteiger partial charge in [0, 0.05) is 13.0 Å². The number of morpholine rings is 1. The van der Waals surface area contributed by atoms with E-state index in [-0.39, 0.29) is 12.0 Å². The van der Waals surface area contributed by atoms with Gasteiger partial charge in [-0.3, -0.25) is 4.79 Å². The second-order valence-electron chi connectivity index (χ2n) is 6.10. The van der Waals surface area contributed by atoms with Crippen LogP contribution in [0.3, 0.4) is 0 Å². The van der Waals surface area contributed by atoms with Crippen LogP contribution in [-0.4, -0.2) is 30.5 Å². The van der Waals surface area contributed by atoms with E-state index in [1.807, 2.05) is 23.1 Å². The summed E-state index contributed by atoms with van der Waals surface area (Å²) in [5.74, 6) is 0.218. The molecule has 1 unspecified atom stereocenters. The predicted molar refractivity (Wildman–Crippen MR) is 91.2 cm³/mol. The minimum atomic E-state index is -0.00660. The van der Waals surface area contributed by atoms with E-state index in [1.165, 1.54) is 11.1 Å². The first-order valence-corrected chi connectivity index (χ1v) is 8.22. The molecule has 3 rings (SSSR count). The van der Waals surface area contributed by atoms with Gasteiger partial charge in [-0.15, -0.1) is 0 Å². The summed E-state index contributed by atoms with van der Waals surface area (Å²) >= 11 is 0. The van der Waals surface area contributed by atoms with Crippen molar-refractivity contribution in [2.24, 2.45) is 0 Å². The van der Waals surface area contributed by atoms with Crippen molar-refractivity contribution in [1.29, 1.82) is 0 Å². The Morgan fingerprint density at radius 1 is 1.17 bits per heavy atom. The summed E-state index contributed by atoms with van der Waals surface area (Å²) in [6.45, 7) is 4.03. The summed E-state index contributed by atoms with van der Waals surface area (Å²) in [6.07, 6.45) is 1.35. The van der Waals surface area contributed by atoms with E-state index in [1.54, 1.807) is 0 Å². The van der Waals surface area contributed by atoms with Gasteiger partial charge in [0.2, 0.25) is 5.91 Å². The van der Waals surface area contributed by atoms with Crippen LogP contribution < -0.4 is 0 Å². The Balaban J connectivity index is 1.57. The number of hydrogen-bond acceptors (Lipinski definition) is 2. The van der Waals surface area contributed by atoms with Crippen LogP contribution in [-0.2, 0) is 16.0 Å². The minimum absolute atomic E-state index is 0.00660. The highest BCUT2D eigenvalue weighted by atomic mass is 16.5. The number of nitrogens with zero attached hydrogens (tertiary/aromatic N) is 1. The Bertz CT molecular complexity index is 654. The summed E-state index contributed by atoms with van der Waals surface area (Å²) in [5.41, 5.74) is 3.61. The quantitative estimate of drug-likeness (QED) is 0.865. The number of amides is 1. The van der Waals surface area contributed by atoms with Gasteiger partial charge < -0.3 is 9.64 Å². The molecule has 2 aromatic rings. The zero-order chi connectivity index (χ0) is 16.1. The zero-order valence-electron chi connectivity index (χ0n) is 13.6. The van der Waals surface area contributed by atoms with Gasteiger partial charge in [0.25, 0.3) is 0 Å². The lowest BCUT2D eigenvalue weighted by molar-refractivity contribution is -0.139. The van der Waals surface area contributed by atoms with Crippen LogP contribution >= 0.6 is 0 Å². The molecule has 1 aliphatic heterocycles. The van der Waals surface area contributed by atoms with Gasteiger partial charge in [-0.2, -0.15) is 0 Å². The van der Waals surface area contributed by atoms with Crippen molar-refractivity contribution in [3.8, 4) is 0 Å². The maximum atomic E-state index is 12.5. The molecule has 3 heteroatoms. The lowest BCUT2D eigenvalue weighted by atomic mass is 10.1. The maximum Gasteiger partial charge on any atom is 0.223 e. The van der Waals surface area contributed by atoms with Gasteiger partial charge in [-0.1, -0.05) is 60.2 Å². The minimum Gasteiger partial charge on any atom is -0.370 e. The van der Waals surface area contributed by atoms with Crippen molar-refractivity contribution >= 4 is 5.91 Å². The third kappa shape index (κ3) is 4.20. The normalized spacial score (nSPS) is 18.0. The largest absolute Gasteiger partial charge is 0.370 e. The van der Waals surface area contributed by atoms with Crippen LogP contribution in [0.2, 0.25) is 0 Å². The predicted octanol–water partition coefficient (Wildman–Crippen LogP) is 3.53. The standard InChI is InChI=1S/C20H23NO2/c1-16-6-5-7-17(14-16)10-11-20(22)21-12-13-23-19(15-21)18-8-3-2-4-9-18/h2-9,14,19H,10-13,15H2,1H3. The summed E-state index contributed by atoms with van der Waals surface area (Å²) in [4.78, 5) is 14.4. The van der Waals surface area contributed by atoms with E-state index in [9.17, 15) is 4.79 Å². The highest BCUT2D eigenvalue weighted by Gasteiger charge is 2.24. The van der Waals surface area contributed by atoms with Crippen molar-refractivity contribution in [1.82, 2.24) is 4.90 Å². The topological polar surface area (TPSA) is 29.5 Å². The average Bonchev–Trinajstić information content (AvgIpc) is 2.61. The number of benzene rings is 2. The zero-order valence-corrected chi connectivity index (χ0v) is 13.6. The number of hydrogen-bond donors (Lipinski definition) is 0. The Labute approximate surface area is 137 Å². The van der Waals surface area contributed by atoms with Crippen molar-refractivity contribution in [2.75, 3.05) is 19.7 Å². The first-order valence-electron chi connectivity index (χ1n) is 8.22. The van der Waals surface area contributed by atoms with Crippen molar-refractivity contribution in [2.45, 2.75) is 25.9 Å². The Hall–Kier alpha value is -2.13. The van der Waals surface area contributed by atoms with E-state index in [2.05, 4.69) is 43.3 Å². The van der Waals surface area contributed by atoms with E-state index in [0.717, 1.165) is 12.0 Å². The number of carbonyl (C=O) groups is 1. The summed E-state index contributed by atoms with van der Waals surface area (Å²) < 4.78 is 5.83. The monoisotopic (exact) mass is 309 g/mol. The molecule has 1 heterocycles. The van der Waals surface area contributed by atoms with Crippen LogP contribution in [0, 0.1) is 6.92 Å². The maximum absolute atomic E-state index is 12.5. The number of aryl methyl sites for hydroxylation is 2. The Kier molecular flexibility index (Phi) is 5.09. The van der Waals surface area contributed by atoms with Gasteiger partial charge in [0.1, 0.15) is 6.10 Å². The molecule has 120 valence electrons. The molecule has 1 atom stereocenters. The molecule has 0 aromatic heterocycles. The lowest BCUT2D eigenvalue weighted by Crippen LogP contribution is -2.42. The summed E-state index contributed by atoms with van der Waals surface area (Å²) in [7, 11) is 0. The van der Waals surface area contributed by atoms with Crippen molar-refractivity contribution in [3.05, 3.63) is 71.3 Å². The molecule has 0 spiro atoms. The molecule has 3 nitrogen and oxygen atoms in total. The third-order valence-electron chi connectivity index (χ3n) is 4.30. The molecule has 0 N–H and O–H groups in total. The van der Waals surface area contributed by atoms with Crippen LogP contribution in [0.25, 0.3) is 0 Å². The van der Waals surface area contributed by atoms with E-state index in [4.69, 9.17) is 4.74 Å². The highest BCUT2D eigenvalue weighted by Crippen LogP contribution is 2.22. The second-order valence-corrected chi connectivity index (χ2v) is 6.10. The number of ether oxygens (including phenoxy) is 1. The van der Waals surface area contributed by atoms with E-state index >= 15 is 0 Å². The van der Waals surface area contributed by atoms with Gasteiger partial charge in [0.05, 0.1) is 13.2 Å². The van der Waals surface area contributed by atoms with E-state index < -0.39 is 0 Å². The molecule has 1 saturated heterocycles. The SMILES string of the molecule is Cc1cccc(CCC(=O)N2CCOC(c3ccccc3)C2)c1. The van der Waals surface area contributed by atoms with Gasteiger partial charge >= 0.3 is 0 Å². The Morgan fingerprint density at radius 3 is 2.78 bits per heavy atom. The lowest BCUT2D eigenvalue weighted by Gasteiger charge is -2.33. The molecule has 0 bridgehead atoms. The van der Waals surface area contributed by atoms with Crippen molar-refractivity contribution < 1.29 is 9.53 Å². The molecule has 0 radical (unpaired) electrons. The van der Waals surface area contributed by atoms with Gasteiger partial charge in [-0.25, -0.2) is 0 Å². The summed E-state index contributed by atoms with van der Waals surface area (Å²) in [6, 6.07) is 18.5. The molecule has 1 aliphatic rings. The molecule has 2 aromatic carbocycles. The van der Waals surface area contributed by atoms with Gasteiger partial charge in [0.15, 0.2) is 0 Å². The fourth-order valence-corrected chi connectivity index (χ4v) is 3.02. The number of carbonyl (C=O) groups excluding carboxylic acids is 1. The van der Waals surface area contributed by atoms with Crippen LogP contribution in [0.1, 0.15) is 29.2 Å². The van der Waals surface area contributed by atoms with E-state index in [0.29, 0.717) is 26.1 Å². The van der Waals surface area contributed by atoms with Crippen LogP contribution in [0.15, 0.2) is 54.6 Å². The molecule has 1 amide bonds. The molecular formula is C20H23NO2. The summed E-state index contributed by atoms with van der Waals surface area (Å²) in [5, 5.41) is 0. The first kappa shape index (κ1) is 15.8. The highest BCUT2D eigenvalue weighted by molar-refractivity contribution is 5.76. The molecule has 1 fully saturated rings. The second kappa shape index (κ2) is 7.42. The molecule has 0 aliphatic carbocycles. The fraction of sp³-hybridized carbons (Fsp3) is 0.350. The first-order chi connectivity index (χ1) is 11.2. The average molecular weight is 309 g/mol. The van der Waals surface area contributed by atoms with Crippen LogP contribution in [0.5, 0.6) is 0 Å². The molecular weight excluding hydrogens is 286 g/mol. The van der Waals surface area contributed by atoms with Crippen molar-refractivity contribution in [3.63, 3.8) is 0 Å². The van der Waals surface area contributed by atoms with Crippen LogP contribution in [0.4, 0.5) is 0 Å². The smallest absolute Gasteiger partial charge is 0.223 e. The third-order valence-corrected chi connectivity index (χ3v) is 4.30. The molecule has 0 saturated carbocycles. The molecule has 23 heavy (non-hydrogen) atoms. The Morgan fingerprint density at radius 2 is 2.00 bits per heavy atom. The fourth-order valence-electron chi connectivity index (χ4n) is 3.02. The number of rotatable bonds is 4. The van der Waals surface area contributed by atoms with Gasteiger partial charge in [-0.05, 0) is 24.5 Å².